The summed E-state index contributed by atoms with van der Waals surface area (Å²) in [5.41, 5.74) is -0.447. The highest BCUT2D eigenvalue weighted by Gasteiger charge is 2.25. The molecule has 2 rings (SSSR count). The number of non-ortho nitro benzene ring substituents is 1. The molecule has 0 saturated carbocycles. The molecule has 0 aliphatic heterocycles. The van der Waals surface area contributed by atoms with Gasteiger partial charge in [0.1, 0.15) is 5.60 Å². The minimum absolute atomic E-state index is 0.107. The van der Waals surface area contributed by atoms with Gasteiger partial charge in [0.25, 0.3) is 5.69 Å². The Hall–Kier alpha value is -1.83. The summed E-state index contributed by atoms with van der Waals surface area (Å²) in [5.74, 6) is 0. The summed E-state index contributed by atoms with van der Waals surface area (Å²) < 4.78 is 1.58. The molecule has 22 heavy (non-hydrogen) atoms. The van der Waals surface area contributed by atoms with E-state index in [4.69, 9.17) is 23.2 Å². The molecule has 2 aromatic rings. The number of aromatic nitrogens is 2. The number of hydrogen-bond donors (Lipinski definition) is 2. The minimum atomic E-state index is -1.21. The van der Waals surface area contributed by atoms with Crippen LogP contribution in [0.1, 0.15) is 12.5 Å². The fraction of sp³-hybridized carbons (Fsp3) is 0.308. The Morgan fingerprint density at radius 2 is 2.05 bits per heavy atom. The molecule has 0 unspecified atom stereocenters. The van der Waals surface area contributed by atoms with Crippen molar-refractivity contribution in [2.24, 2.45) is 7.05 Å². The Morgan fingerprint density at radius 3 is 2.50 bits per heavy atom. The predicted octanol–water partition coefficient (Wildman–Crippen LogP) is 2.95. The predicted molar refractivity (Wildman–Crippen MR) is 84.4 cm³/mol. The van der Waals surface area contributed by atoms with Crippen LogP contribution in [-0.4, -0.2) is 26.4 Å². The van der Waals surface area contributed by atoms with Crippen LogP contribution in [0.3, 0.4) is 0 Å². The maximum Gasteiger partial charge on any atom is 0.272 e. The lowest BCUT2D eigenvalue weighted by Gasteiger charge is -2.23. The smallest absolute Gasteiger partial charge is 0.272 e. The minimum Gasteiger partial charge on any atom is -0.383 e. The van der Waals surface area contributed by atoms with E-state index in [1.54, 1.807) is 31.0 Å². The molecule has 7 nitrogen and oxygen atoms in total. The topological polar surface area (TPSA) is 93.2 Å². The van der Waals surface area contributed by atoms with Crippen LogP contribution in [0.4, 0.5) is 11.4 Å². The molecule has 0 aliphatic carbocycles. The van der Waals surface area contributed by atoms with E-state index in [-0.39, 0.29) is 22.3 Å². The fourth-order valence-corrected chi connectivity index (χ4v) is 2.51. The van der Waals surface area contributed by atoms with Crippen LogP contribution < -0.4 is 5.32 Å². The molecule has 1 aromatic heterocycles. The zero-order valence-electron chi connectivity index (χ0n) is 11.9. The molecule has 9 heteroatoms. The third kappa shape index (κ3) is 3.49. The number of nitrogens with zero attached hydrogens (tertiary/aromatic N) is 3. The number of hydrogen-bond acceptors (Lipinski definition) is 5. The maximum absolute atomic E-state index is 10.7. The molecule has 1 atom stereocenters. The Morgan fingerprint density at radius 1 is 1.45 bits per heavy atom. The van der Waals surface area contributed by atoms with Gasteiger partial charge in [-0.3, -0.25) is 14.8 Å². The summed E-state index contributed by atoms with van der Waals surface area (Å²) in [4.78, 5) is 10.2. The lowest BCUT2D eigenvalue weighted by molar-refractivity contribution is -0.384. The van der Waals surface area contributed by atoms with E-state index in [2.05, 4.69) is 10.4 Å². The number of nitro benzene ring substituents is 1. The van der Waals surface area contributed by atoms with Gasteiger partial charge in [0.2, 0.25) is 0 Å². The van der Waals surface area contributed by atoms with Crippen LogP contribution in [-0.2, 0) is 12.6 Å². The third-order valence-corrected chi connectivity index (χ3v) is 3.77. The van der Waals surface area contributed by atoms with Crippen molar-refractivity contribution in [3.63, 3.8) is 0 Å². The van der Waals surface area contributed by atoms with Gasteiger partial charge in [0.15, 0.2) is 0 Å². The van der Waals surface area contributed by atoms with Gasteiger partial charge in [-0.05, 0) is 6.92 Å². The molecule has 0 spiro atoms. The van der Waals surface area contributed by atoms with Crippen LogP contribution >= 0.6 is 23.2 Å². The second kappa shape index (κ2) is 6.12. The zero-order valence-corrected chi connectivity index (χ0v) is 13.4. The molecule has 0 saturated heterocycles. The fourth-order valence-electron chi connectivity index (χ4n) is 1.90. The number of nitro groups is 1. The first-order valence-electron chi connectivity index (χ1n) is 6.29. The summed E-state index contributed by atoms with van der Waals surface area (Å²) in [6.45, 7) is 1.72. The first-order valence-corrected chi connectivity index (χ1v) is 7.05. The highest BCUT2D eigenvalue weighted by molar-refractivity contribution is 6.39. The lowest BCUT2D eigenvalue weighted by atomic mass is 9.99. The zero-order chi connectivity index (χ0) is 16.5. The van der Waals surface area contributed by atoms with Crippen molar-refractivity contribution in [2.45, 2.75) is 12.5 Å². The lowest BCUT2D eigenvalue weighted by Crippen LogP contribution is -2.30. The second-order valence-electron chi connectivity index (χ2n) is 5.07. The molecule has 0 aliphatic rings. The quantitative estimate of drug-likeness (QED) is 0.642. The van der Waals surface area contributed by atoms with Gasteiger partial charge in [0, 0.05) is 37.5 Å². The van der Waals surface area contributed by atoms with Gasteiger partial charge in [0.05, 0.1) is 26.9 Å². The van der Waals surface area contributed by atoms with Gasteiger partial charge in [-0.25, -0.2) is 0 Å². The largest absolute Gasteiger partial charge is 0.383 e. The average molecular weight is 345 g/mol. The number of nitrogens with one attached hydrogen (secondary N) is 1. The van der Waals surface area contributed by atoms with Crippen molar-refractivity contribution in [1.82, 2.24) is 9.78 Å². The number of benzene rings is 1. The van der Waals surface area contributed by atoms with Gasteiger partial charge < -0.3 is 10.4 Å². The monoisotopic (exact) mass is 344 g/mol. The number of aryl methyl sites for hydroxylation is 1. The Kier molecular flexibility index (Phi) is 4.60. The van der Waals surface area contributed by atoms with E-state index in [1.165, 1.54) is 12.1 Å². The van der Waals surface area contributed by atoms with Gasteiger partial charge in [-0.2, -0.15) is 5.10 Å². The number of anilines is 1. The van der Waals surface area contributed by atoms with E-state index >= 15 is 0 Å². The van der Waals surface area contributed by atoms with E-state index in [9.17, 15) is 15.2 Å². The van der Waals surface area contributed by atoms with Crippen molar-refractivity contribution >= 4 is 34.6 Å². The van der Waals surface area contributed by atoms with Crippen LogP contribution in [0.2, 0.25) is 10.0 Å². The molecule has 0 bridgehead atoms. The van der Waals surface area contributed by atoms with E-state index in [0.717, 1.165) is 0 Å². The van der Waals surface area contributed by atoms with Crippen LogP contribution in [0.25, 0.3) is 0 Å². The summed E-state index contributed by atoms with van der Waals surface area (Å²) >= 11 is 12.0. The van der Waals surface area contributed by atoms with Gasteiger partial charge in [-0.1, -0.05) is 23.2 Å². The second-order valence-corrected chi connectivity index (χ2v) is 5.89. The molecular formula is C13H14Cl2N4O3. The van der Waals surface area contributed by atoms with E-state index < -0.39 is 10.5 Å². The van der Waals surface area contributed by atoms with Gasteiger partial charge >= 0.3 is 0 Å². The molecule has 1 heterocycles. The normalized spacial score (nSPS) is 13.7. The molecule has 2 N–H and O–H groups in total. The molecular weight excluding hydrogens is 331 g/mol. The Labute approximate surface area is 136 Å². The van der Waals surface area contributed by atoms with E-state index in [0.29, 0.717) is 11.3 Å². The molecule has 0 fully saturated rings. The summed E-state index contributed by atoms with van der Waals surface area (Å²) in [5, 5.41) is 28.4. The first-order chi connectivity index (χ1) is 10.2. The first kappa shape index (κ1) is 16.5. The number of aliphatic hydroxyl groups is 1. The Bertz CT molecular complexity index is 692. The van der Waals surface area contributed by atoms with Crippen molar-refractivity contribution in [2.75, 3.05) is 11.9 Å². The number of rotatable bonds is 5. The van der Waals surface area contributed by atoms with Crippen molar-refractivity contribution in [3.8, 4) is 0 Å². The van der Waals surface area contributed by atoms with Gasteiger partial charge in [-0.15, -0.1) is 0 Å². The number of halogens is 2. The van der Waals surface area contributed by atoms with Crippen molar-refractivity contribution in [1.29, 1.82) is 0 Å². The van der Waals surface area contributed by atoms with Crippen molar-refractivity contribution in [3.05, 3.63) is 50.2 Å². The van der Waals surface area contributed by atoms with Crippen LogP contribution in [0.15, 0.2) is 24.5 Å². The highest BCUT2D eigenvalue weighted by atomic mass is 35.5. The molecule has 1 aromatic carbocycles. The SMILES string of the molecule is Cn1cc([C@](C)(O)CNc2c(Cl)cc([N+](=O)[O-])cc2Cl)cn1. The third-order valence-electron chi connectivity index (χ3n) is 3.17. The summed E-state index contributed by atoms with van der Waals surface area (Å²) in [6.07, 6.45) is 3.25. The standard InChI is InChI=1S/C13H14Cl2N4O3/c1-13(20,8-5-17-18(2)6-8)7-16-12-10(14)3-9(19(21)22)4-11(12)15/h3-6,16,20H,7H2,1-2H3/t13-/m1/s1. The average Bonchev–Trinajstić information content (AvgIpc) is 2.85. The maximum atomic E-state index is 10.7. The van der Waals surface area contributed by atoms with Crippen molar-refractivity contribution < 1.29 is 10.0 Å². The summed E-state index contributed by atoms with van der Waals surface area (Å²) in [6, 6.07) is 2.41. The molecule has 118 valence electrons. The Balaban J connectivity index is 2.19. The summed E-state index contributed by atoms with van der Waals surface area (Å²) in [7, 11) is 1.75. The van der Waals surface area contributed by atoms with Crippen LogP contribution in [0.5, 0.6) is 0 Å². The molecule has 0 radical (unpaired) electrons. The molecule has 0 amide bonds. The highest BCUT2D eigenvalue weighted by Crippen LogP contribution is 2.35. The van der Waals surface area contributed by atoms with Crippen LogP contribution in [0, 0.1) is 10.1 Å². The van der Waals surface area contributed by atoms with E-state index in [1.807, 2.05) is 0 Å².